The van der Waals surface area contributed by atoms with Crippen molar-refractivity contribution in [1.82, 2.24) is 20.2 Å². The summed E-state index contributed by atoms with van der Waals surface area (Å²) in [4.78, 5) is 24.2. The number of fused-ring (bicyclic) bond motifs is 3. The molecule has 2 N–H and O–H groups in total. The van der Waals surface area contributed by atoms with Crippen molar-refractivity contribution in [2.75, 3.05) is 13.1 Å². The molecule has 2 aromatic heterocycles. The number of rotatable bonds is 5. The summed E-state index contributed by atoms with van der Waals surface area (Å²) in [6.07, 6.45) is 1.85. The molecule has 5 aromatic rings. The van der Waals surface area contributed by atoms with Gasteiger partial charge in [-0.3, -0.25) is 9.69 Å². The van der Waals surface area contributed by atoms with Gasteiger partial charge in [-0.05, 0) is 42.7 Å². The molecule has 0 radical (unpaired) electrons. The second kappa shape index (κ2) is 9.76. The molecule has 1 saturated heterocycles. The van der Waals surface area contributed by atoms with E-state index in [2.05, 4.69) is 45.5 Å². The molecule has 0 aliphatic carbocycles. The second-order valence-electron chi connectivity index (χ2n) is 9.47. The molecular weight excluding hydrogens is 468 g/mol. The number of para-hydroxylation sites is 1. The van der Waals surface area contributed by atoms with Crippen LogP contribution in [0.4, 0.5) is 0 Å². The highest BCUT2D eigenvalue weighted by atomic mass is 35.5. The molecule has 36 heavy (non-hydrogen) atoms. The zero-order valence-electron chi connectivity index (χ0n) is 19.9. The summed E-state index contributed by atoms with van der Waals surface area (Å²) in [7, 11) is 0. The van der Waals surface area contributed by atoms with Gasteiger partial charge in [-0.2, -0.15) is 0 Å². The maximum atomic E-state index is 13.4. The Balaban J connectivity index is 1.26. The molecule has 3 aromatic carbocycles. The fraction of sp³-hybridized carbons (Fsp3) is 0.200. The lowest BCUT2D eigenvalue weighted by Gasteiger charge is -2.32. The van der Waals surface area contributed by atoms with E-state index in [1.54, 1.807) is 0 Å². The molecule has 0 unspecified atom stereocenters. The van der Waals surface area contributed by atoms with E-state index in [1.807, 2.05) is 54.6 Å². The first-order chi connectivity index (χ1) is 17.6. The summed E-state index contributed by atoms with van der Waals surface area (Å²) in [6.45, 7) is 2.87. The van der Waals surface area contributed by atoms with Crippen LogP contribution in [-0.2, 0) is 6.54 Å². The molecule has 180 valence electrons. The summed E-state index contributed by atoms with van der Waals surface area (Å²) in [5.74, 6) is -0.132. The molecule has 1 aliphatic rings. The number of nitrogens with zero attached hydrogens (tertiary/aromatic N) is 2. The van der Waals surface area contributed by atoms with Gasteiger partial charge in [0, 0.05) is 52.6 Å². The monoisotopic (exact) mass is 494 g/mol. The molecule has 0 spiro atoms. The molecule has 6 heteroatoms. The van der Waals surface area contributed by atoms with Crippen LogP contribution in [0.15, 0.2) is 84.9 Å². The van der Waals surface area contributed by atoms with Gasteiger partial charge in [0.15, 0.2) is 0 Å². The summed E-state index contributed by atoms with van der Waals surface area (Å²) < 4.78 is 0. The van der Waals surface area contributed by atoms with E-state index in [0.717, 1.165) is 65.5 Å². The standard InChI is InChI=1S/C30H27ClN4O/c31-22-10-6-9-21(17-22)28-29-25(24-11-4-5-12-26(24)33-29)18-27(34-28)30(36)32-23-13-15-35(16-14-23)19-20-7-2-1-3-8-20/h1-12,17-18,23,33H,13-16,19H2,(H,32,36). The second-order valence-corrected chi connectivity index (χ2v) is 9.91. The minimum absolute atomic E-state index is 0.132. The van der Waals surface area contributed by atoms with Crippen molar-refractivity contribution >= 4 is 39.3 Å². The molecule has 0 saturated carbocycles. The SMILES string of the molecule is O=C(NC1CCN(Cc2ccccc2)CC1)c1cc2c([nH]c3ccccc32)c(-c2cccc(Cl)c2)n1. The minimum Gasteiger partial charge on any atom is -0.353 e. The minimum atomic E-state index is -0.132. The zero-order valence-corrected chi connectivity index (χ0v) is 20.6. The Morgan fingerprint density at radius 2 is 1.72 bits per heavy atom. The number of nitrogens with one attached hydrogen (secondary N) is 2. The van der Waals surface area contributed by atoms with E-state index in [1.165, 1.54) is 5.56 Å². The first kappa shape index (κ1) is 22.8. The summed E-state index contributed by atoms with van der Waals surface area (Å²) in [5.41, 5.74) is 5.28. The predicted octanol–water partition coefficient (Wildman–Crippen LogP) is 6.43. The molecule has 5 nitrogen and oxygen atoms in total. The van der Waals surface area contributed by atoms with Gasteiger partial charge in [0.05, 0.1) is 11.2 Å². The Morgan fingerprint density at radius 3 is 2.53 bits per heavy atom. The number of piperidine rings is 1. The Kier molecular flexibility index (Phi) is 6.18. The van der Waals surface area contributed by atoms with Crippen LogP contribution in [0.3, 0.4) is 0 Å². The van der Waals surface area contributed by atoms with Crippen molar-refractivity contribution in [3.05, 3.63) is 101 Å². The van der Waals surface area contributed by atoms with Crippen LogP contribution >= 0.6 is 11.6 Å². The van der Waals surface area contributed by atoms with Crippen LogP contribution in [0.1, 0.15) is 28.9 Å². The van der Waals surface area contributed by atoms with Gasteiger partial charge < -0.3 is 10.3 Å². The van der Waals surface area contributed by atoms with Gasteiger partial charge in [-0.25, -0.2) is 4.98 Å². The van der Waals surface area contributed by atoms with Crippen molar-refractivity contribution in [2.24, 2.45) is 0 Å². The van der Waals surface area contributed by atoms with Gasteiger partial charge >= 0.3 is 0 Å². The lowest BCUT2D eigenvalue weighted by atomic mass is 10.0. The molecule has 1 amide bonds. The molecular formula is C30H27ClN4O. The number of carbonyl (C=O) groups is 1. The molecule has 1 aliphatic heterocycles. The van der Waals surface area contributed by atoms with Crippen LogP contribution in [0.5, 0.6) is 0 Å². The lowest BCUT2D eigenvalue weighted by Crippen LogP contribution is -2.44. The molecule has 0 atom stereocenters. The highest BCUT2D eigenvalue weighted by Crippen LogP contribution is 2.33. The quantitative estimate of drug-likeness (QED) is 0.296. The fourth-order valence-corrected chi connectivity index (χ4v) is 5.33. The number of amides is 1. The molecule has 0 bridgehead atoms. The van der Waals surface area contributed by atoms with Gasteiger partial charge in [-0.1, -0.05) is 72.3 Å². The third-order valence-corrected chi connectivity index (χ3v) is 7.23. The first-order valence-electron chi connectivity index (χ1n) is 12.4. The van der Waals surface area contributed by atoms with E-state index < -0.39 is 0 Å². The number of carbonyl (C=O) groups excluding carboxylic acids is 1. The number of halogens is 1. The van der Waals surface area contributed by atoms with Gasteiger partial charge in [-0.15, -0.1) is 0 Å². The maximum absolute atomic E-state index is 13.4. The number of likely N-dealkylation sites (tertiary alicyclic amines) is 1. The Hall–Kier alpha value is -3.67. The fourth-order valence-electron chi connectivity index (χ4n) is 5.14. The summed E-state index contributed by atoms with van der Waals surface area (Å²) >= 11 is 6.30. The number of aromatic amines is 1. The van der Waals surface area contributed by atoms with E-state index in [9.17, 15) is 4.79 Å². The highest BCUT2D eigenvalue weighted by molar-refractivity contribution is 6.31. The number of H-pyrrole nitrogens is 1. The van der Waals surface area contributed by atoms with Crippen molar-refractivity contribution in [3.63, 3.8) is 0 Å². The van der Waals surface area contributed by atoms with Crippen molar-refractivity contribution in [2.45, 2.75) is 25.4 Å². The van der Waals surface area contributed by atoms with Crippen molar-refractivity contribution < 1.29 is 4.79 Å². The smallest absolute Gasteiger partial charge is 0.270 e. The Bertz CT molecular complexity index is 1540. The van der Waals surface area contributed by atoms with Crippen LogP contribution in [-0.4, -0.2) is 39.9 Å². The average molecular weight is 495 g/mol. The first-order valence-corrected chi connectivity index (χ1v) is 12.8. The van der Waals surface area contributed by atoms with Crippen LogP contribution < -0.4 is 5.32 Å². The van der Waals surface area contributed by atoms with E-state index >= 15 is 0 Å². The normalized spacial score (nSPS) is 14.9. The maximum Gasteiger partial charge on any atom is 0.270 e. The summed E-state index contributed by atoms with van der Waals surface area (Å²) in [5, 5.41) is 5.94. The molecule has 6 rings (SSSR count). The van der Waals surface area contributed by atoms with Crippen molar-refractivity contribution in [1.29, 1.82) is 0 Å². The van der Waals surface area contributed by atoms with Gasteiger partial charge in [0.1, 0.15) is 5.69 Å². The van der Waals surface area contributed by atoms with E-state index in [0.29, 0.717) is 10.7 Å². The predicted molar refractivity (Wildman–Crippen MR) is 146 cm³/mol. The largest absolute Gasteiger partial charge is 0.353 e. The van der Waals surface area contributed by atoms with Gasteiger partial charge in [0.25, 0.3) is 5.91 Å². The van der Waals surface area contributed by atoms with E-state index in [4.69, 9.17) is 16.6 Å². The summed E-state index contributed by atoms with van der Waals surface area (Å²) in [6, 6.07) is 28.3. The van der Waals surface area contributed by atoms with Gasteiger partial charge in [0.2, 0.25) is 0 Å². The van der Waals surface area contributed by atoms with Crippen molar-refractivity contribution in [3.8, 4) is 11.3 Å². The third kappa shape index (κ3) is 4.60. The van der Waals surface area contributed by atoms with Crippen LogP contribution in [0, 0.1) is 0 Å². The topological polar surface area (TPSA) is 61.0 Å². The van der Waals surface area contributed by atoms with Crippen LogP contribution in [0.25, 0.3) is 33.1 Å². The van der Waals surface area contributed by atoms with Crippen LogP contribution in [0.2, 0.25) is 5.02 Å². The highest BCUT2D eigenvalue weighted by Gasteiger charge is 2.23. The molecule has 3 heterocycles. The Labute approximate surface area is 215 Å². The number of hydrogen-bond acceptors (Lipinski definition) is 3. The van der Waals surface area contributed by atoms with E-state index in [-0.39, 0.29) is 11.9 Å². The number of hydrogen-bond donors (Lipinski definition) is 2. The molecule has 1 fully saturated rings. The zero-order chi connectivity index (χ0) is 24.5. The third-order valence-electron chi connectivity index (χ3n) is 7.00. The number of benzene rings is 3. The lowest BCUT2D eigenvalue weighted by molar-refractivity contribution is 0.0904. The number of pyridine rings is 1. The number of aromatic nitrogens is 2. The Morgan fingerprint density at radius 1 is 0.944 bits per heavy atom. The average Bonchev–Trinajstić information content (AvgIpc) is 3.28.